The van der Waals surface area contributed by atoms with E-state index < -0.39 is 29.8 Å². The Morgan fingerprint density at radius 3 is 2.63 bits per heavy atom. The van der Waals surface area contributed by atoms with Crippen molar-refractivity contribution in [2.45, 2.75) is 12.2 Å². The zero-order chi connectivity index (χ0) is 24.5. The lowest BCUT2D eigenvalue weighted by Crippen LogP contribution is -2.55. The summed E-state index contributed by atoms with van der Waals surface area (Å²) in [7, 11) is 0. The molecule has 178 valence electrons. The second-order valence-corrected chi connectivity index (χ2v) is 7.83. The quantitative estimate of drug-likeness (QED) is 0.324. The molecule has 4 N–H and O–H groups in total. The van der Waals surface area contributed by atoms with Crippen LogP contribution >= 0.6 is 0 Å². The first kappa shape index (κ1) is 22.3. The van der Waals surface area contributed by atoms with E-state index in [-0.39, 0.29) is 24.5 Å². The third-order valence-electron chi connectivity index (χ3n) is 5.56. The van der Waals surface area contributed by atoms with Gasteiger partial charge in [0, 0.05) is 40.5 Å². The van der Waals surface area contributed by atoms with Crippen LogP contribution in [-0.2, 0) is 14.3 Å². The predicted octanol–water partition coefficient (Wildman–Crippen LogP) is 0.603. The molecule has 4 aromatic rings. The molecular weight excluding hydrogens is 458 g/mol. The fourth-order valence-corrected chi connectivity index (χ4v) is 3.82. The van der Waals surface area contributed by atoms with Crippen molar-refractivity contribution in [3.05, 3.63) is 75.5 Å². The standard InChI is InChI=1S/C23H19N5O7/c29-17-8-3-13-11-15(6-7-16(13)25-17)28-9-10-34-19(22(28)32)18(30)21(31)24-14-4-1-12(2-5-14)20-26-23(33)35-27-20/h1-8,11,18-19,30H,9-10H2,(H,24,31)(H,25,29)(H,26,27,33)/t18-,19-/m1/s1. The number of ether oxygens (including phenoxy) is 1. The molecule has 2 atom stereocenters. The van der Waals surface area contributed by atoms with Gasteiger partial charge in [-0.2, -0.15) is 0 Å². The first-order valence-corrected chi connectivity index (χ1v) is 10.6. The fourth-order valence-electron chi connectivity index (χ4n) is 3.82. The van der Waals surface area contributed by atoms with Gasteiger partial charge in [0.2, 0.25) is 5.56 Å². The minimum atomic E-state index is -1.76. The van der Waals surface area contributed by atoms with Crippen molar-refractivity contribution in [1.82, 2.24) is 15.1 Å². The van der Waals surface area contributed by atoms with Crippen LogP contribution in [0.2, 0.25) is 0 Å². The number of morpholine rings is 1. The number of amides is 2. The van der Waals surface area contributed by atoms with Crippen molar-refractivity contribution in [2.75, 3.05) is 23.4 Å². The van der Waals surface area contributed by atoms with Crippen LogP contribution < -0.4 is 21.5 Å². The molecule has 1 aliphatic rings. The highest BCUT2D eigenvalue weighted by atomic mass is 16.5. The Bertz CT molecular complexity index is 1520. The molecule has 3 heterocycles. The van der Waals surface area contributed by atoms with Crippen LogP contribution in [0, 0.1) is 0 Å². The topological polar surface area (TPSA) is 171 Å². The highest BCUT2D eigenvalue weighted by molar-refractivity contribution is 6.04. The van der Waals surface area contributed by atoms with Crippen molar-refractivity contribution in [1.29, 1.82) is 0 Å². The number of rotatable bonds is 5. The Morgan fingerprint density at radius 2 is 1.89 bits per heavy atom. The first-order valence-electron chi connectivity index (χ1n) is 10.6. The van der Waals surface area contributed by atoms with Gasteiger partial charge in [-0.05, 0) is 48.5 Å². The van der Waals surface area contributed by atoms with Gasteiger partial charge in [0.1, 0.15) is 0 Å². The molecule has 35 heavy (non-hydrogen) atoms. The molecule has 12 heteroatoms. The Kier molecular flexibility index (Phi) is 5.73. The van der Waals surface area contributed by atoms with E-state index >= 15 is 0 Å². The van der Waals surface area contributed by atoms with Gasteiger partial charge in [0.05, 0.1) is 6.61 Å². The van der Waals surface area contributed by atoms with Gasteiger partial charge in [-0.1, -0.05) is 5.16 Å². The number of aliphatic hydroxyl groups is 1. The summed E-state index contributed by atoms with van der Waals surface area (Å²) in [5.41, 5.74) is 1.85. The molecule has 1 saturated heterocycles. The average molecular weight is 477 g/mol. The van der Waals surface area contributed by atoms with Gasteiger partial charge in [0.15, 0.2) is 18.0 Å². The van der Waals surface area contributed by atoms with E-state index in [0.29, 0.717) is 22.5 Å². The van der Waals surface area contributed by atoms with E-state index in [1.165, 1.54) is 11.0 Å². The Morgan fingerprint density at radius 1 is 1.09 bits per heavy atom. The highest BCUT2D eigenvalue weighted by Gasteiger charge is 2.39. The average Bonchev–Trinajstić information content (AvgIpc) is 3.30. The van der Waals surface area contributed by atoms with Gasteiger partial charge < -0.3 is 25.0 Å². The van der Waals surface area contributed by atoms with Gasteiger partial charge in [-0.15, -0.1) is 0 Å². The van der Waals surface area contributed by atoms with Crippen LogP contribution in [0.3, 0.4) is 0 Å². The van der Waals surface area contributed by atoms with Crippen molar-refractivity contribution in [2.24, 2.45) is 0 Å². The van der Waals surface area contributed by atoms with Gasteiger partial charge in [-0.3, -0.25) is 23.9 Å². The van der Waals surface area contributed by atoms with Crippen LogP contribution in [0.5, 0.6) is 0 Å². The molecule has 1 aliphatic heterocycles. The van der Waals surface area contributed by atoms with Crippen LogP contribution in [0.1, 0.15) is 0 Å². The Hall–Kier alpha value is -4.55. The number of anilines is 2. The van der Waals surface area contributed by atoms with E-state index in [4.69, 9.17) is 4.74 Å². The number of carbonyl (C=O) groups is 2. The number of aromatic nitrogens is 3. The zero-order valence-electron chi connectivity index (χ0n) is 18.1. The summed E-state index contributed by atoms with van der Waals surface area (Å²) >= 11 is 0. The van der Waals surface area contributed by atoms with Gasteiger partial charge in [0.25, 0.3) is 11.8 Å². The number of aromatic amines is 2. The van der Waals surface area contributed by atoms with Crippen LogP contribution in [0.15, 0.2) is 68.7 Å². The molecule has 2 aromatic carbocycles. The number of aliphatic hydroxyl groups excluding tert-OH is 1. The molecule has 2 amide bonds. The zero-order valence-corrected chi connectivity index (χ0v) is 18.1. The summed E-state index contributed by atoms with van der Waals surface area (Å²) in [6.07, 6.45) is -3.15. The summed E-state index contributed by atoms with van der Waals surface area (Å²) in [5, 5.41) is 17.4. The lowest BCUT2D eigenvalue weighted by atomic mass is 10.1. The lowest BCUT2D eigenvalue weighted by molar-refractivity contribution is -0.150. The SMILES string of the molecule is O=C(Nc1ccc(-c2noc(=O)[nH]2)cc1)[C@H](O)[C@H]1OCCN(c2ccc3[nH]c(=O)ccc3c2)C1=O. The molecule has 0 spiro atoms. The molecule has 0 bridgehead atoms. The maximum Gasteiger partial charge on any atom is 0.439 e. The minimum Gasteiger partial charge on any atom is -0.380 e. The number of nitrogens with one attached hydrogen (secondary N) is 3. The third-order valence-corrected chi connectivity index (χ3v) is 5.56. The van der Waals surface area contributed by atoms with Gasteiger partial charge >= 0.3 is 5.76 Å². The second kappa shape index (κ2) is 9.00. The first-order chi connectivity index (χ1) is 16.9. The van der Waals surface area contributed by atoms with E-state index in [2.05, 4.69) is 25.0 Å². The monoisotopic (exact) mass is 477 g/mol. The second-order valence-electron chi connectivity index (χ2n) is 7.83. The number of benzene rings is 2. The maximum atomic E-state index is 13.1. The lowest BCUT2D eigenvalue weighted by Gasteiger charge is -2.34. The number of hydrogen-bond donors (Lipinski definition) is 4. The third kappa shape index (κ3) is 4.47. The molecule has 0 unspecified atom stereocenters. The molecule has 1 fully saturated rings. The Balaban J connectivity index is 1.29. The molecule has 5 rings (SSSR count). The van der Waals surface area contributed by atoms with Crippen LogP contribution in [-0.4, -0.2) is 57.4 Å². The number of pyridine rings is 1. The summed E-state index contributed by atoms with van der Waals surface area (Å²) in [4.78, 5) is 54.9. The normalized spacial score (nSPS) is 16.9. The molecular formula is C23H19N5O7. The smallest absolute Gasteiger partial charge is 0.380 e. The summed E-state index contributed by atoms with van der Waals surface area (Å²) in [6.45, 7) is 0.360. The van der Waals surface area contributed by atoms with Crippen molar-refractivity contribution in [3.63, 3.8) is 0 Å². The van der Waals surface area contributed by atoms with E-state index in [1.54, 1.807) is 48.5 Å². The number of hydrogen-bond acceptors (Lipinski definition) is 8. The number of nitrogens with zero attached hydrogens (tertiary/aromatic N) is 2. The Labute approximate surface area is 196 Å². The number of fused-ring (bicyclic) bond motifs is 1. The largest absolute Gasteiger partial charge is 0.439 e. The summed E-state index contributed by atoms with van der Waals surface area (Å²) in [6, 6.07) is 14.4. The van der Waals surface area contributed by atoms with Crippen molar-refractivity contribution in [3.8, 4) is 11.4 Å². The highest BCUT2D eigenvalue weighted by Crippen LogP contribution is 2.24. The summed E-state index contributed by atoms with van der Waals surface area (Å²) in [5.74, 6) is -1.84. The number of H-pyrrole nitrogens is 2. The molecule has 12 nitrogen and oxygen atoms in total. The molecule has 0 saturated carbocycles. The van der Waals surface area contributed by atoms with Crippen LogP contribution in [0.4, 0.5) is 11.4 Å². The van der Waals surface area contributed by atoms with Crippen molar-refractivity contribution >= 4 is 34.1 Å². The summed E-state index contributed by atoms with van der Waals surface area (Å²) < 4.78 is 9.90. The van der Waals surface area contributed by atoms with Crippen molar-refractivity contribution < 1.29 is 24.0 Å². The maximum absolute atomic E-state index is 13.1. The van der Waals surface area contributed by atoms with Gasteiger partial charge in [-0.25, -0.2) is 4.79 Å². The van der Waals surface area contributed by atoms with E-state index in [0.717, 1.165) is 5.39 Å². The number of carbonyl (C=O) groups excluding carboxylic acids is 2. The molecule has 2 aromatic heterocycles. The molecule has 0 radical (unpaired) electrons. The van der Waals surface area contributed by atoms with Crippen LogP contribution in [0.25, 0.3) is 22.3 Å². The van der Waals surface area contributed by atoms with E-state index in [9.17, 15) is 24.3 Å². The minimum absolute atomic E-state index is 0.120. The molecule has 0 aliphatic carbocycles. The fraction of sp³-hybridized carbons (Fsp3) is 0.174. The predicted molar refractivity (Wildman–Crippen MR) is 124 cm³/mol. The van der Waals surface area contributed by atoms with E-state index in [1.807, 2.05) is 0 Å².